The maximum Gasteiger partial charge on any atom is 0.0488 e. The van der Waals surface area contributed by atoms with E-state index < -0.39 is 0 Å². The molecule has 0 aliphatic carbocycles. The van der Waals surface area contributed by atoms with Crippen LogP contribution in [0.2, 0.25) is 0 Å². The van der Waals surface area contributed by atoms with Gasteiger partial charge in [0.05, 0.1) is 0 Å². The molecule has 0 unspecified atom stereocenters. The molecule has 0 N–H and O–H groups in total. The number of hydrogen-bond donors (Lipinski definition) is 0. The zero-order chi connectivity index (χ0) is 10.3. The summed E-state index contributed by atoms with van der Waals surface area (Å²) in [4.78, 5) is 0. The van der Waals surface area contributed by atoms with Gasteiger partial charge < -0.3 is 4.57 Å². The third-order valence-electron chi connectivity index (χ3n) is 2.68. The summed E-state index contributed by atoms with van der Waals surface area (Å²) in [6.07, 6.45) is 0. The van der Waals surface area contributed by atoms with Crippen LogP contribution < -0.4 is 0 Å². The maximum absolute atomic E-state index is 7.59. The van der Waals surface area contributed by atoms with Gasteiger partial charge in [0.15, 0.2) is 0 Å². The first-order chi connectivity index (χ1) is 7.42. The monoisotopic (exact) mass is 183 g/mol. The smallest absolute Gasteiger partial charge is 0.0488 e. The molecule has 14 heavy (non-hydrogen) atoms. The van der Waals surface area contributed by atoms with Gasteiger partial charge >= 0.3 is 0 Å². The van der Waals surface area contributed by atoms with Gasteiger partial charge in [0, 0.05) is 30.2 Å². The van der Waals surface area contributed by atoms with Crippen molar-refractivity contribution in [2.75, 3.05) is 0 Å². The van der Waals surface area contributed by atoms with Gasteiger partial charge in [-0.05, 0) is 12.1 Å². The van der Waals surface area contributed by atoms with E-state index in [-0.39, 0.29) is 7.02 Å². The Morgan fingerprint density at radius 2 is 1.36 bits per heavy atom. The summed E-state index contributed by atoms with van der Waals surface area (Å²) in [5.41, 5.74) is 2.29. The fourth-order valence-electron chi connectivity index (χ4n) is 2.00. The number of fused-ring (bicyclic) bond motifs is 3. The van der Waals surface area contributed by atoms with E-state index >= 15 is 0 Å². The lowest BCUT2D eigenvalue weighted by Gasteiger charge is -1.95. The number of aryl methyl sites for hydroxylation is 1. The van der Waals surface area contributed by atoms with E-state index in [4.69, 9.17) is 1.37 Å². The SMILES string of the molecule is [3H]Cn1c2ccccc2c2ccccc21. The molecule has 68 valence electrons. The Balaban J connectivity index is 2.62. The minimum atomic E-state index is 0.272. The van der Waals surface area contributed by atoms with E-state index in [9.17, 15) is 0 Å². The highest BCUT2D eigenvalue weighted by Gasteiger charge is 2.04. The van der Waals surface area contributed by atoms with Crippen molar-refractivity contribution in [2.24, 2.45) is 7.02 Å². The molecule has 0 saturated carbocycles. The Morgan fingerprint density at radius 1 is 0.857 bits per heavy atom. The minimum absolute atomic E-state index is 0.272. The lowest BCUT2D eigenvalue weighted by Crippen LogP contribution is -1.84. The quantitative estimate of drug-likeness (QED) is 0.503. The Morgan fingerprint density at radius 3 is 1.86 bits per heavy atom. The first kappa shape index (κ1) is 6.66. The second-order valence-corrected chi connectivity index (χ2v) is 3.46. The lowest BCUT2D eigenvalue weighted by molar-refractivity contribution is 1.01. The van der Waals surface area contributed by atoms with E-state index in [0.717, 1.165) is 11.0 Å². The zero-order valence-electron chi connectivity index (χ0n) is 8.77. The van der Waals surface area contributed by atoms with Crippen LogP contribution in [-0.4, -0.2) is 4.57 Å². The van der Waals surface area contributed by atoms with Gasteiger partial charge in [0.25, 0.3) is 0 Å². The average Bonchev–Trinajstić information content (AvgIpc) is 2.63. The van der Waals surface area contributed by atoms with Crippen molar-refractivity contribution in [3.63, 3.8) is 0 Å². The van der Waals surface area contributed by atoms with Gasteiger partial charge in [-0.1, -0.05) is 36.4 Å². The van der Waals surface area contributed by atoms with Crippen LogP contribution in [0.1, 0.15) is 1.37 Å². The Hall–Kier alpha value is -1.76. The zero-order valence-corrected chi connectivity index (χ0v) is 7.77. The molecule has 0 aliphatic rings. The van der Waals surface area contributed by atoms with Crippen LogP contribution in [0.5, 0.6) is 0 Å². The number of aromatic nitrogens is 1. The average molecular weight is 183 g/mol. The predicted octanol–water partition coefficient (Wildman–Crippen LogP) is 3.33. The van der Waals surface area contributed by atoms with Crippen molar-refractivity contribution < 1.29 is 1.37 Å². The molecule has 0 saturated heterocycles. The first-order valence-corrected chi connectivity index (χ1v) is 4.67. The molecule has 1 heteroatoms. The molecular weight excluding hydrogens is 170 g/mol. The molecule has 0 fully saturated rings. The molecule has 0 radical (unpaired) electrons. The molecule has 1 nitrogen and oxygen atoms in total. The third-order valence-corrected chi connectivity index (χ3v) is 2.68. The van der Waals surface area contributed by atoms with Crippen molar-refractivity contribution >= 4 is 21.8 Å². The summed E-state index contributed by atoms with van der Waals surface area (Å²) >= 11 is 0. The summed E-state index contributed by atoms with van der Waals surface area (Å²) in [7, 11) is 0.272. The van der Waals surface area contributed by atoms with E-state index in [1.165, 1.54) is 10.8 Å². The number of rotatable bonds is 0. The van der Waals surface area contributed by atoms with Crippen molar-refractivity contribution in [1.29, 1.82) is 0 Å². The standard InChI is InChI=1S/C13H11N/c1-14-12-8-4-2-6-10(12)11-7-3-5-9-13(11)14/h2-9H,1H3/i1T. The molecule has 1 heterocycles. The van der Waals surface area contributed by atoms with Crippen molar-refractivity contribution in [1.82, 2.24) is 4.57 Å². The van der Waals surface area contributed by atoms with Crippen LogP contribution in [0.3, 0.4) is 0 Å². The van der Waals surface area contributed by atoms with Crippen LogP contribution in [0.4, 0.5) is 0 Å². The Bertz CT molecular complexity index is 571. The third kappa shape index (κ3) is 0.841. The summed E-state index contributed by atoms with van der Waals surface area (Å²) < 4.78 is 9.62. The van der Waals surface area contributed by atoms with Crippen LogP contribution in [0.15, 0.2) is 48.5 Å². The maximum atomic E-state index is 7.59. The second kappa shape index (κ2) is 2.61. The van der Waals surface area contributed by atoms with Gasteiger partial charge in [0.1, 0.15) is 0 Å². The number of benzene rings is 2. The molecule has 3 rings (SSSR count). The van der Waals surface area contributed by atoms with E-state index in [0.29, 0.717) is 0 Å². The molecule has 0 atom stereocenters. The highest BCUT2D eigenvalue weighted by atomic mass is 14.9. The highest BCUT2D eigenvalue weighted by Crippen LogP contribution is 2.26. The van der Waals surface area contributed by atoms with Crippen LogP contribution in [0, 0.1) is 0 Å². The van der Waals surface area contributed by atoms with Crippen LogP contribution in [0.25, 0.3) is 21.8 Å². The fourth-order valence-corrected chi connectivity index (χ4v) is 2.00. The fraction of sp³-hybridized carbons (Fsp3) is 0.0769. The molecular formula is C13H11N. The summed E-state index contributed by atoms with van der Waals surface area (Å²) in [5.74, 6) is 0. The van der Waals surface area contributed by atoms with Gasteiger partial charge in [0.2, 0.25) is 0 Å². The largest absolute Gasteiger partial charge is 0.344 e. The second-order valence-electron chi connectivity index (χ2n) is 3.46. The number of nitrogens with zero attached hydrogens (tertiary/aromatic N) is 1. The number of para-hydroxylation sites is 2. The topological polar surface area (TPSA) is 4.93 Å². The molecule has 0 spiro atoms. The summed E-state index contributed by atoms with van der Waals surface area (Å²) in [6.45, 7) is 0. The highest BCUT2D eigenvalue weighted by molar-refractivity contribution is 6.07. The minimum Gasteiger partial charge on any atom is -0.344 e. The summed E-state index contributed by atoms with van der Waals surface area (Å²) in [6, 6.07) is 16.5. The molecule has 2 aromatic carbocycles. The molecule has 1 aromatic heterocycles. The molecule has 0 amide bonds. The van der Waals surface area contributed by atoms with E-state index in [1.807, 2.05) is 28.8 Å². The van der Waals surface area contributed by atoms with E-state index in [1.54, 1.807) is 0 Å². The predicted molar refractivity (Wildman–Crippen MR) is 60.4 cm³/mol. The Labute approximate surface area is 84.0 Å². The first-order valence-electron chi connectivity index (χ1n) is 5.38. The number of hydrogen-bond acceptors (Lipinski definition) is 0. The van der Waals surface area contributed by atoms with Crippen molar-refractivity contribution in [3.05, 3.63) is 48.5 Å². The van der Waals surface area contributed by atoms with Crippen LogP contribution in [-0.2, 0) is 7.02 Å². The van der Waals surface area contributed by atoms with Gasteiger partial charge in [-0.25, -0.2) is 0 Å². The normalized spacial score (nSPS) is 12.1. The van der Waals surface area contributed by atoms with Crippen molar-refractivity contribution in [3.8, 4) is 0 Å². The van der Waals surface area contributed by atoms with Crippen molar-refractivity contribution in [2.45, 2.75) is 0 Å². The molecule has 0 bridgehead atoms. The van der Waals surface area contributed by atoms with Crippen LogP contribution >= 0.6 is 0 Å². The lowest BCUT2D eigenvalue weighted by atomic mass is 10.2. The van der Waals surface area contributed by atoms with Gasteiger partial charge in [-0.2, -0.15) is 0 Å². The van der Waals surface area contributed by atoms with Gasteiger partial charge in [-0.3, -0.25) is 0 Å². The summed E-state index contributed by atoms with van der Waals surface area (Å²) in [5, 5.41) is 2.47. The molecule has 0 aliphatic heterocycles. The Kier molecular flexibility index (Phi) is 1.24. The molecule has 3 aromatic rings. The van der Waals surface area contributed by atoms with E-state index in [2.05, 4.69) is 24.3 Å². The van der Waals surface area contributed by atoms with Gasteiger partial charge in [-0.15, -0.1) is 0 Å².